The van der Waals surface area contributed by atoms with E-state index in [9.17, 15) is 14.4 Å². The second-order valence-corrected chi connectivity index (χ2v) is 3.28. The molecule has 17 heavy (non-hydrogen) atoms. The Hall–Kier alpha value is -1.83. The smallest absolute Gasteiger partial charge is 0.328 e. The van der Waals surface area contributed by atoms with E-state index in [-0.39, 0.29) is 13.0 Å². The van der Waals surface area contributed by atoms with Crippen LogP contribution in [0.25, 0.3) is 0 Å². The molecule has 8 heteroatoms. The monoisotopic (exact) mass is 248 g/mol. The molecule has 0 saturated carbocycles. The zero-order chi connectivity index (χ0) is 13.4. The molecule has 0 rings (SSSR count). The highest BCUT2D eigenvalue weighted by atomic mass is 16.5. The molecule has 4 N–H and O–H groups in total. The fourth-order valence-electron chi connectivity index (χ4n) is 0.961. The summed E-state index contributed by atoms with van der Waals surface area (Å²) >= 11 is 0. The lowest BCUT2D eigenvalue weighted by Crippen LogP contribution is -2.51. The number of nitrogens with one attached hydrogen (secondary N) is 2. The van der Waals surface area contributed by atoms with Crippen molar-refractivity contribution in [3.05, 3.63) is 0 Å². The minimum atomic E-state index is -1.40. The van der Waals surface area contributed by atoms with E-state index >= 15 is 0 Å². The van der Waals surface area contributed by atoms with Crippen LogP contribution in [0.1, 0.15) is 13.3 Å². The number of ether oxygens (including phenoxy) is 1. The van der Waals surface area contributed by atoms with Gasteiger partial charge in [0.05, 0.1) is 19.6 Å². The summed E-state index contributed by atoms with van der Waals surface area (Å²) in [6, 6.07) is -2.17. The van der Waals surface area contributed by atoms with Crippen LogP contribution in [-0.4, -0.2) is 54.0 Å². The summed E-state index contributed by atoms with van der Waals surface area (Å²) in [6.07, 6.45) is -1.24. The lowest BCUT2D eigenvalue weighted by Gasteiger charge is -2.17. The van der Waals surface area contributed by atoms with E-state index in [0.29, 0.717) is 0 Å². The van der Waals surface area contributed by atoms with Gasteiger partial charge in [-0.05, 0) is 6.92 Å². The molecule has 0 aliphatic heterocycles. The molecule has 0 fully saturated rings. The predicted molar refractivity (Wildman–Crippen MR) is 56.3 cm³/mol. The summed E-state index contributed by atoms with van der Waals surface area (Å²) in [5, 5.41) is 22.1. The maximum Gasteiger partial charge on any atom is 0.328 e. The van der Waals surface area contributed by atoms with Gasteiger partial charge in [-0.3, -0.25) is 4.79 Å². The van der Waals surface area contributed by atoms with E-state index < -0.39 is 30.1 Å². The number of carbonyl (C=O) groups excluding carboxylic acids is 2. The van der Waals surface area contributed by atoms with Gasteiger partial charge < -0.3 is 25.6 Å². The third-order valence-corrected chi connectivity index (χ3v) is 1.88. The van der Waals surface area contributed by atoms with Gasteiger partial charge in [0.2, 0.25) is 0 Å². The van der Waals surface area contributed by atoms with Gasteiger partial charge in [-0.1, -0.05) is 0 Å². The molecule has 0 aliphatic carbocycles. The number of hydrogen-bond acceptors (Lipinski definition) is 5. The average molecular weight is 248 g/mol. The van der Waals surface area contributed by atoms with E-state index in [0.717, 1.165) is 0 Å². The Labute approximate surface area is 97.9 Å². The SMILES string of the molecule is COC(=O)CCNC(=O)NC(C(=O)O)C(C)O. The molecule has 0 spiro atoms. The molecule has 2 atom stereocenters. The minimum Gasteiger partial charge on any atom is -0.480 e. The number of urea groups is 1. The number of methoxy groups -OCH3 is 1. The van der Waals surface area contributed by atoms with Crippen LogP contribution in [0.5, 0.6) is 0 Å². The van der Waals surface area contributed by atoms with Crippen LogP contribution in [0, 0.1) is 0 Å². The topological polar surface area (TPSA) is 125 Å². The lowest BCUT2D eigenvalue weighted by molar-refractivity contribution is -0.142. The van der Waals surface area contributed by atoms with Crippen molar-refractivity contribution in [2.75, 3.05) is 13.7 Å². The van der Waals surface area contributed by atoms with Crippen molar-refractivity contribution < 1.29 is 29.3 Å². The van der Waals surface area contributed by atoms with Crippen LogP contribution in [0.2, 0.25) is 0 Å². The predicted octanol–water partition coefficient (Wildman–Crippen LogP) is -1.32. The first-order valence-corrected chi connectivity index (χ1v) is 4.90. The lowest BCUT2D eigenvalue weighted by atomic mass is 10.2. The summed E-state index contributed by atoms with van der Waals surface area (Å²) in [4.78, 5) is 32.5. The number of rotatable bonds is 6. The highest BCUT2D eigenvalue weighted by Crippen LogP contribution is 1.92. The number of hydrogen-bond donors (Lipinski definition) is 4. The number of aliphatic carboxylic acids is 1. The van der Waals surface area contributed by atoms with Crippen molar-refractivity contribution in [3.8, 4) is 0 Å². The molecule has 0 aromatic rings. The first-order valence-electron chi connectivity index (χ1n) is 4.90. The number of carbonyl (C=O) groups is 3. The molecular formula is C9H16N2O6. The quantitative estimate of drug-likeness (QED) is 0.432. The zero-order valence-electron chi connectivity index (χ0n) is 9.60. The van der Waals surface area contributed by atoms with Crippen molar-refractivity contribution in [1.29, 1.82) is 0 Å². The first-order chi connectivity index (χ1) is 7.88. The zero-order valence-corrected chi connectivity index (χ0v) is 9.60. The number of carboxylic acid groups (broad SMARTS) is 1. The fourth-order valence-corrected chi connectivity index (χ4v) is 0.961. The average Bonchev–Trinajstić information content (AvgIpc) is 2.24. The molecule has 0 aromatic carbocycles. The van der Waals surface area contributed by atoms with Gasteiger partial charge in [-0.25, -0.2) is 9.59 Å². The van der Waals surface area contributed by atoms with E-state index in [1.165, 1.54) is 14.0 Å². The van der Waals surface area contributed by atoms with Crippen molar-refractivity contribution in [1.82, 2.24) is 10.6 Å². The molecule has 2 amide bonds. The van der Waals surface area contributed by atoms with Crippen LogP contribution in [0.4, 0.5) is 4.79 Å². The summed E-state index contributed by atoms with van der Waals surface area (Å²) < 4.78 is 4.34. The summed E-state index contributed by atoms with van der Waals surface area (Å²) in [6.45, 7) is 1.26. The van der Waals surface area contributed by atoms with Crippen LogP contribution < -0.4 is 10.6 Å². The highest BCUT2D eigenvalue weighted by Gasteiger charge is 2.24. The van der Waals surface area contributed by atoms with Crippen molar-refractivity contribution >= 4 is 18.0 Å². The Morgan fingerprint density at radius 2 is 1.94 bits per heavy atom. The molecule has 0 bridgehead atoms. The van der Waals surface area contributed by atoms with Gasteiger partial charge in [0.25, 0.3) is 0 Å². The Morgan fingerprint density at radius 1 is 1.35 bits per heavy atom. The van der Waals surface area contributed by atoms with Gasteiger partial charge in [0.15, 0.2) is 6.04 Å². The third-order valence-electron chi connectivity index (χ3n) is 1.88. The number of amides is 2. The first kappa shape index (κ1) is 15.2. The number of aliphatic hydroxyl groups is 1. The standard InChI is InChI=1S/C9H16N2O6/c1-5(12)7(8(14)15)11-9(16)10-4-3-6(13)17-2/h5,7,12H,3-4H2,1-2H3,(H,14,15)(H2,10,11,16). The molecule has 0 aromatic heterocycles. The number of esters is 1. The number of carboxylic acids is 1. The Kier molecular flexibility index (Phi) is 6.64. The van der Waals surface area contributed by atoms with Crippen LogP contribution in [0.3, 0.4) is 0 Å². The normalized spacial score (nSPS) is 13.4. The van der Waals surface area contributed by atoms with E-state index in [2.05, 4.69) is 15.4 Å². The summed E-state index contributed by atoms with van der Waals surface area (Å²) in [5.41, 5.74) is 0. The minimum absolute atomic E-state index is 0.0175. The molecule has 0 heterocycles. The fraction of sp³-hybridized carbons (Fsp3) is 0.667. The summed E-state index contributed by atoms with van der Waals surface area (Å²) in [5.74, 6) is -1.83. The molecule has 8 nitrogen and oxygen atoms in total. The Bertz CT molecular complexity index is 291. The van der Waals surface area contributed by atoms with Gasteiger partial charge >= 0.3 is 18.0 Å². The maximum absolute atomic E-state index is 11.2. The molecule has 0 radical (unpaired) electrons. The van der Waals surface area contributed by atoms with E-state index in [1.807, 2.05) is 0 Å². The van der Waals surface area contributed by atoms with Gasteiger partial charge in [-0.15, -0.1) is 0 Å². The van der Waals surface area contributed by atoms with Crippen molar-refractivity contribution in [2.45, 2.75) is 25.5 Å². The molecular weight excluding hydrogens is 232 g/mol. The number of aliphatic hydroxyl groups excluding tert-OH is 1. The molecule has 0 saturated heterocycles. The van der Waals surface area contributed by atoms with Crippen LogP contribution in [0.15, 0.2) is 0 Å². The second kappa shape index (κ2) is 7.44. The van der Waals surface area contributed by atoms with Crippen molar-refractivity contribution in [2.24, 2.45) is 0 Å². The van der Waals surface area contributed by atoms with Gasteiger partial charge in [0, 0.05) is 6.54 Å². The molecule has 98 valence electrons. The molecule has 2 unspecified atom stereocenters. The van der Waals surface area contributed by atoms with Gasteiger partial charge in [-0.2, -0.15) is 0 Å². The Balaban J connectivity index is 3.99. The van der Waals surface area contributed by atoms with Crippen LogP contribution >= 0.6 is 0 Å². The Morgan fingerprint density at radius 3 is 2.35 bits per heavy atom. The van der Waals surface area contributed by atoms with Gasteiger partial charge in [0.1, 0.15) is 0 Å². The second-order valence-electron chi connectivity index (χ2n) is 3.28. The largest absolute Gasteiger partial charge is 0.480 e. The third kappa shape index (κ3) is 6.36. The van der Waals surface area contributed by atoms with Crippen molar-refractivity contribution in [3.63, 3.8) is 0 Å². The van der Waals surface area contributed by atoms with E-state index in [4.69, 9.17) is 10.2 Å². The van der Waals surface area contributed by atoms with Crippen LogP contribution in [-0.2, 0) is 14.3 Å². The highest BCUT2D eigenvalue weighted by molar-refractivity contribution is 5.83. The maximum atomic E-state index is 11.2. The van der Waals surface area contributed by atoms with E-state index in [1.54, 1.807) is 0 Å². The summed E-state index contributed by atoms with van der Waals surface area (Å²) in [7, 11) is 1.22. The molecule has 0 aliphatic rings.